The van der Waals surface area contributed by atoms with Gasteiger partial charge < -0.3 is 10.3 Å². The summed E-state index contributed by atoms with van der Waals surface area (Å²) in [6, 6.07) is 10.1. The molecule has 1 heterocycles. The molecule has 2 rings (SSSR count). The Hall–Kier alpha value is -2.10. The zero-order valence-corrected chi connectivity index (χ0v) is 8.81. The maximum absolute atomic E-state index is 11.5. The number of imidazole rings is 1. The van der Waals surface area contributed by atoms with Gasteiger partial charge in [0.1, 0.15) is 5.69 Å². The Morgan fingerprint density at radius 2 is 2.12 bits per heavy atom. The van der Waals surface area contributed by atoms with E-state index >= 15 is 0 Å². The number of carbonyl (C=O) groups is 1. The van der Waals surface area contributed by atoms with Crippen LogP contribution in [0.5, 0.6) is 0 Å². The van der Waals surface area contributed by atoms with Gasteiger partial charge in [-0.3, -0.25) is 4.79 Å². The molecule has 0 bridgehead atoms. The summed E-state index contributed by atoms with van der Waals surface area (Å²) in [5.74, 6) is -0.117. The Morgan fingerprint density at radius 3 is 2.81 bits per heavy atom. The third-order valence-corrected chi connectivity index (χ3v) is 2.28. The Balaban J connectivity index is 1.79. The van der Waals surface area contributed by atoms with Crippen LogP contribution in [0.4, 0.5) is 0 Å². The van der Waals surface area contributed by atoms with Gasteiger partial charge in [0.05, 0.1) is 12.5 Å². The second kappa shape index (κ2) is 5.11. The van der Waals surface area contributed by atoms with Crippen molar-refractivity contribution in [3.63, 3.8) is 0 Å². The van der Waals surface area contributed by atoms with E-state index in [0.29, 0.717) is 12.2 Å². The largest absolute Gasteiger partial charge is 0.350 e. The highest BCUT2D eigenvalue weighted by atomic mass is 16.1. The normalized spacial score (nSPS) is 10.0. The first-order valence-corrected chi connectivity index (χ1v) is 5.17. The lowest BCUT2D eigenvalue weighted by Gasteiger charge is -2.03. The van der Waals surface area contributed by atoms with E-state index in [4.69, 9.17) is 0 Å². The fourth-order valence-corrected chi connectivity index (χ4v) is 1.44. The lowest BCUT2D eigenvalue weighted by atomic mass is 10.1. The summed E-state index contributed by atoms with van der Waals surface area (Å²) in [5.41, 5.74) is 1.71. The van der Waals surface area contributed by atoms with Crippen LogP contribution in [-0.4, -0.2) is 22.4 Å². The van der Waals surface area contributed by atoms with Crippen molar-refractivity contribution in [2.24, 2.45) is 0 Å². The van der Waals surface area contributed by atoms with Crippen LogP contribution in [0.2, 0.25) is 0 Å². The predicted molar refractivity (Wildman–Crippen MR) is 61.1 cm³/mol. The average Bonchev–Trinajstić information content (AvgIpc) is 2.84. The molecule has 0 aliphatic carbocycles. The van der Waals surface area contributed by atoms with Crippen molar-refractivity contribution in [1.82, 2.24) is 15.3 Å². The summed E-state index contributed by atoms with van der Waals surface area (Å²) in [5, 5.41) is 2.82. The second-order valence-electron chi connectivity index (χ2n) is 3.46. The third kappa shape index (κ3) is 2.70. The Kier molecular flexibility index (Phi) is 3.33. The number of benzene rings is 1. The smallest absolute Gasteiger partial charge is 0.269 e. The van der Waals surface area contributed by atoms with Gasteiger partial charge in [0.25, 0.3) is 5.91 Å². The van der Waals surface area contributed by atoms with Gasteiger partial charge in [-0.15, -0.1) is 0 Å². The van der Waals surface area contributed by atoms with Crippen LogP contribution in [0.15, 0.2) is 42.9 Å². The van der Waals surface area contributed by atoms with Gasteiger partial charge in [-0.25, -0.2) is 4.98 Å². The van der Waals surface area contributed by atoms with Gasteiger partial charge in [0.15, 0.2) is 0 Å². The Labute approximate surface area is 93.7 Å². The quantitative estimate of drug-likeness (QED) is 0.809. The van der Waals surface area contributed by atoms with Crippen LogP contribution in [0, 0.1) is 0 Å². The van der Waals surface area contributed by atoms with E-state index in [1.54, 1.807) is 0 Å². The van der Waals surface area contributed by atoms with Crippen LogP contribution < -0.4 is 5.32 Å². The van der Waals surface area contributed by atoms with Gasteiger partial charge in [-0.1, -0.05) is 30.3 Å². The number of hydrogen-bond acceptors (Lipinski definition) is 2. The van der Waals surface area contributed by atoms with Crippen LogP contribution in [0.1, 0.15) is 16.1 Å². The molecule has 1 amide bonds. The van der Waals surface area contributed by atoms with Crippen molar-refractivity contribution < 1.29 is 4.79 Å². The molecule has 2 aromatic rings. The van der Waals surface area contributed by atoms with Crippen LogP contribution in [-0.2, 0) is 6.42 Å². The van der Waals surface area contributed by atoms with Crippen molar-refractivity contribution >= 4 is 5.91 Å². The number of H-pyrrole nitrogens is 1. The molecule has 4 nitrogen and oxygen atoms in total. The maximum Gasteiger partial charge on any atom is 0.269 e. The molecule has 0 atom stereocenters. The molecule has 0 aliphatic rings. The number of nitrogens with one attached hydrogen (secondary N) is 2. The van der Waals surface area contributed by atoms with E-state index in [1.807, 2.05) is 30.3 Å². The first-order chi connectivity index (χ1) is 7.86. The summed E-state index contributed by atoms with van der Waals surface area (Å²) < 4.78 is 0. The van der Waals surface area contributed by atoms with E-state index in [0.717, 1.165) is 6.42 Å². The fourth-order valence-electron chi connectivity index (χ4n) is 1.44. The van der Waals surface area contributed by atoms with Gasteiger partial charge in [0, 0.05) is 6.54 Å². The number of hydrogen-bond donors (Lipinski definition) is 2. The standard InChI is InChI=1S/C12H13N3O/c16-12(11-8-13-9-15-11)14-7-6-10-4-2-1-3-5-10/h1-5,8-9H,6-7H2,(H,13,15)(H,14,16). The number of carbonyl (C=O) groups excluding carboxylic acids is 1. The molecule has 1 aromatic carbocycles. The molecular weight excluding hydrogens is 202 g/mol. The molecule has 0 fully saturated rings. The Morgan fingerprint density at radius 1 is 1.31 bits per heavy atom. The number of rotatable bonds is 4. The fraction of sp³-hybridized carbons (Fsp3) is 0.167. The molecule has 82 valence electrons. The molecule has 0 unspecified atom stereocenters. The van der Waals surface area contributed by atoms with Gasteiger partial charge >= 0.3 is 0 Å². The highest BCUT2D eigenvalue weighted by Gasteiger charge is 2.04. The van der Waals surface area contributed by atoms with E-state index in [2.05, 4.69) is 15.3 Å². The Bertz CT molecular complexity index is 437. The zero-order chi connectivity index (χ0) is 11.2. The van der Waals surface area contributed by atoms with E-state index in [-0.39, 0.29) is 5.91 Å². The highest BCUT2D eigenvalue weighted by Crippen LogP contribution is 1.98. The van der Waals surface area contributed by atoms with E-state index in [1.165, 1.54) is 18.1 Å². The number of amides is 1. The molecule has 0 radical (unpaired) electrons. The molecule has 0 spiro atoms. The number of aromatic nitrogens is 2. The van der Waals surface area contributed by atoms with Gasteiger partial charge in [-0.05, 0) is 12.0 Å². The summed E-state index contributed by atoms with van der Waals surface area (Å²) in [6.45, 7) is 0.627. The van der Waals surface area contributed by atoms with Crippen molar-refractivity contribution in [2.75, 3.05) is 6.54 Å². The minimum Gasteiger partial charge on any atom is -0.350 e. The minimum atomic E-state index is -0.117. The molecule has 1 aromatic heterocycles. The van der Waals surface area contributed by atoms with E-state index in [9.17, 15) is 4.79 Å². The topological polar surface area (TPSA) is 57.8 Å². The van der Waals surface area contributed by atoms with E-state index < -0.39 is 0 Å². The molecule has 0 saturated heterocycles. The lowest BCUT2D eigenvalue weighted by Crippen LogP contribution is -2.25. The van der Waals surface area contributed by atoms with Crippen LogP contribution in [0.25, 0.3) is 0 Å². The summed E-state index contributed by atoms with van der Waals surface area (Å²) in [4.78, 5) is 18.1. The van der Waals surface area contributed by atoms with Crippen LogP contribution >= 0.6 is 0 Å². The van der Waals surface area contributed by atoms with Crippen LogP contribution in [0.3, 0.4) is 0 Å². The average molecular weight is 215 g/mol. The maximum atomic E-state index is 11.5. The number of nitrogens with zero attached hydrogens (tertiary/aromatic N) is 1. The third-order valence-electron chi connectivity index (χ3n) is 2.28. The van der Waals surface area contributed by atoms with Crippen molar-refractivity contribution in [2.45, 2.75) is 6.42 Å². The highest BCUT2D eigenvalue weighted by molar-refractivity contribution is 5.91. The summed E-state index contributed by atoms with van der Waals surface area (Å²) >= 11 is 0. The minimum absolute atomic E-state index is 0.117. The molecule has 0 saturated carbocycles. The molecule has 16 heavy (non-hydrogen) atoms. The first kappa shape index (κ1) is 10.4. The van der Waals surface area contributed by atoms with Crippen molar-refractivity contribution in [3.05, 3.63) is 54.1 Å². The summed E-state index contributed by atoms with van der Waals surface area (Å²) in [7, 11) is 0. The van der Waals surface area contributed by atoms with Crippen molar-refractivity contribution in [1.29, 1.82) is 0 Å². The molecule has 4 heteroatoms. The summed E-state index contributed by atoms with van der Waals surface area (Å²) in [6.07, 6.45) is 3.84. The molecule has 0 aliphatic heterocycles. The van der Waals surface area contributed by atoms with Gasteiger partial charge in [-0.2, -0.15) is 0 Å². The first-order valence-electron chi connectivity index (χ1n) is 5.17. The molecular formula is C12H13N3O. The second-order valence-corrected chi connectivity index (χ2v) is 3.46. The monoisotopic (exact) mass is 215 g/mol. The molecule has 2 N–H and O–H groups in total. The van der Waals surface area contributed by atoms with Crippen molar-refractivity contribution in [3.8, 4) is 0 Å². The lowest BCUT2D eigenvalue weighted by molar-refractivity contribution is 0.0949. The predicted octanol–water partition coefficient (Wildman–Crippen LogP) is 1.38. The van der Waals surface area contributed by atoms with Gasteiger partial charge in [0.2, 0.25) is 0 Å². The SMILES string of the molecule is O=C(NCCc1ccccc1)c1cnc[nH]1. The zero-order valence-electron chi connectivity index (χ0n) is 8.81. The number of aromatic amines is 1.